The second kappa shape index (κ2) is 8.50. The summed E-state index contributed by atoms with van der Waals surface area (Å²) in [7, 11) is 0. The molecule has 0 N–H and O–H groups in total. The minimum Gasteiger partial charge on any atom is -0.363 e. The standard InChI is InChI=1S/C28H28N4O2/c29-17-26(31-14-11-28(12-15-31)19-32(24-9-10-24)27(33)18-34-28)22-6-3-20(4-7-22)23-8-5-21-2-1-13-30-25(21)16-23/h1-8,13,16,24,26H,9-12,14-15,18-19H2. The summed E-state index contributed by atoms with van der Waals surface area (Å²) in [5.41, 5.74) is 3.98. The molecule has 3 aromatic rings. The molecule has 2 aliphatic heterocycles. The van der Waals surface area contributed by atoms with E-state index in [4.69, 9.17) is 4.74 Å². The van der Waals surface area contributed by atoms with Crippen molar-refractivity contribution in [3.63, 3.8) is 0 Å². The molecule has 1 aromatic heterocycles. The molecular weight excluding hydrogens is 424 g/mol. The monoisotopic (exact) mass is 452 g/mol. The molecule has 2 aromatic carbocycles. The number of morpholine rings is 1. The topological polar surface area (TPSA) is 69.5 Å². The van der Waals surface area contributed by atoms with Crippen LogP contribution in [0.15, 0.2) is 60.8 Å². The highest BCUT2D eigenvalue weighted by Crippen LogP contribution is 2.38. The minimum atomic E-state index is -0.283. The highest BCUT2D eigenvalue weighted by molar-refractivity contribution is 5.84. The van der Waals surface area contributed by atoms with Gasteiger partial charge in [-0.3, -0.25) is 14.7 Å². The van der Waals surface area contributed by atoms with Gasteiger partial charge in [0.2, 0.25) is 5.91 Å². The van der Waals surface area contributed by atoms with Crippen LogP contribution >= 0.6 is 0 Å². The molecule has 1 unspecified atom stereocenters. The van der Waals surface area contributed by atoms with E-state index >= 15 is 0 Å². The first kappa shape index (κ1) is 21.3. The van der Waals surface area contributed by atoms with Crippen molar-refractivity contribution in [2.75, 3.05) is 26.2 Å². The van der Waals surface area contributed by atoms with Gasteiger partial charge in [0.15, 0.2) is 0 Å². The van der Waals surface area contributed by atoms with Gasteiger partial charge in [-0.05, 0) is 54.5 Å². The second-order valence-electron chi connectivity index (χ2n) is 9.82. The highest BCUT2D eigenvalue weighted by Gasteiger charge is 2.46. The number of nitriles is 1. The SMILES string of the molecule is N#CC(c1ccc(-c2ccc3cccnc3c2)cc1)N1CCC2(CC1)CN(C1CC1)C(=O)CO2. The maximum atomic E-state index is 12.2. The molecule has 2 saturated heterocycles. The Balaban J connectivity index is 1.15. The van der Waals surface area contributed by atoms with Crippen LogP contribution in [0.25, 0.3) is 22.0 Å². The summed E-state index contributed by atoms with van der Waals surface area (Å²) in [6.07, 6.45) is 5.76. The molecule has 172 valence electrons. The zero-order valence-corrected chi connectivity index (χ0v) is 19.2. The number of ether oxygens (including phenoxy) is 1. The van der Waals surface area contributed by atoms with Crippen molar-refractivity contribution in [3.8, 4) is 17.2 Å². The largest absolute Gasteiger partial charge is 0.363 e. The van der Waals surface area contributed by atoms with Crippen LogP contribution in [0, 0.1) is 11.3 Å². The number of carbonyl (C=O) groups is 1. The third-order valence-corrected chi connectivity index (χ3v) is 7.63. The van der Waals surface area contributed by atoms with Crippen LogP contribution in [0.3, 0.4) is 0 Å². The number of fused-ring (bicyclic) bond motifs is 1. The molecular formula is C28H28N4O2. The van der Waals surface area contributed by atoms with E-state index in [1.165, 1.54) is 0 Å². The molecule has 0 bridgehead atoms. The number of hydrogen-bond donors (Lipinski definition) is 0. The van der Waals surface area contributed by atoms with Crippen molar-refractivity contribution in [2.24, 2.45) is 0 Å². The van der Waals surface area contributed by atoms with Gasteiger partial charge in [0.1, 0.15) is 12.6 Å². The van der Waals surface area contributed by atoms with Crippen molar-refractivity contribution >= 4 is 16.8 Å². The number of benzene rings is 2. The number of hydrogen-bond acceptors (Lipinski definition) is 5. The van der Waals surface area contributed by atoms with E-state index in [2.05, 4.69) is 64.5 Å². The normalized spacial score (nSPS) is 21.5. The summed E-state index contributed by atoms with van der Waals surface area (Å²) in [6.45, 7) is 2.49. The summed E-state index contributed by atoms with van der Waals surface area (Å²) >= 11 is 0. The zero-order chi connectivity index (χ0) is 23.1. The molecule has 1 saturated carbocycles. The minimum absolute atomic E-state index is 0.132. The Labute approximate surface area is 199 Å². The van der Waals surface area contributed by atoms with Crippen LogP contribution in [-0.2, 0) is 9.53 Å². The lowest BCUT2D eigenvalue weighted by Gasteiger charge is -2.47. The molecule has 0 radical (unpaired) electrons. The van der Waals surface area contributed by atoms with E-state index in [0.717, 1.165) is 66.4 Å². The fourth-order valence-electron chi connectivity index (χ4n) is 5.42. The van der Waals surface area contributed by atoms with Crippen molar-refractivity contribution in [2.45, 2.75) is 43.4 Å². The zero-order valence-electron chi connectivity index (χ0n) is 19.2. The lowest BCUT2D eigenvalue weighted by atomic mass is 9.87. The van der Waals surface area contributed by atoms with Crippen molar-refractivity contribution in [3.05, 3.63) is 66.4 Å². The smallest absolute Gasteiger partial charge is 0.248 e. The van der Waals surface area contributed by atoms with Crippen LogP contribution in [0.2, 0.25) is 0 Å². The van der Waals surface area contributed by atoms with Crippen LogP contribution in [0.4, 0.5) is 0 Å². The van der Waals surface area contributed by atoms with E-state index in [-0.39, 0.29) is 24.2 Å². The molecule has 3 fully saturated rings. The van der Waals surface area contributed by atoms with Gasteiger partial charge in [-0.15, -0.1) is 0 Å². The van der Waals surface area contributed by atoms with Crippen molar-refractivity contribution in [1.82, 2.24) is 14.8 Å². The van der Waals surface area contributed by atoms with Crippen molar-refractivity contribution < 1.29 is 9.53 Å². The first-order chi connectivity index (χ1) is 16.6. The van der Waals surface area contributed by atoms with Crippen molar-refractivity contribution in [1.29, 1.82) is 5.26 Å². The van der Waals surface area contributed by atoms with Gasteiger partial charge in [-0.1, -0.05) is 42.5 Å². The summed E-state index contributed by atoms with van der Waals surface area (Å²) in [4.78, 5) is 21.0. The number of piperidine rings is 1. The fraction of sp³-hybridized carbons (Fsp3) is 0.393. The fourth-order valence-corrected chi connectivity index (χ4v) is 5.42. The van der Waals surface area contributed by atoms with Gasteiger partial charge in [-0.2, -0.15) is 5.26 Å². The van der Waals surface area contributed by atoms with Gasteiger partial charge in [-0.25, -0.2) is 0 Å². The molecule has 3 aliphatic rings. The number of rotatable bonds is 4. The van der Waals surface area contributed by atoms with E-state index < -0.39 is 0 Å². The number of aromatic nitrogens is 1. The number of nitrogens with zero attached hydrogens (tertiary/aromatic N) is 4. The predicted molar refractivity (Wildman–Crippen MR) is 130 cm³/mol. The van der Waals surface area contributed by atoms with Gasteiger partial charge in [0.05, 0.1) is 23.7 Å². The van der Waals surface area contributed by atoms with Crippen LogP contribution in [-0.4, -0.2) is 58.6 Å². The average molecular weight is 453 g/mol. The Hall–Kier alpha value is -3.27. The first-order valence-corrected chi connectivity index (χ1v) is 12.2. The van der Waals surface area contributed by atoms with E-state index in [1.54, 1.807) is 0 Å². The first-order valence-electron chi connectivity index (χ1n) is 12.2. The second-order valence-corrected chi connectivity index (χ2v) is 9.82. The molecule has 6 nitrogen and oxygen atoms in total. The Morgan fingerprint density at radius 2 is 1.82 bits per heavy atom. The maximum Gasteiger partial charge on any atom is 0.248 e. The van der Waals surface area contributed by atoms with Crippen LogP contribution in [0.1, 0.15) is 37.3 Å². The van der Waals surface area contributed by atoms with Crippen LogP contribution < -0.4 is 0 Å². The number of likely N-dealkylation sites (tertiary alicyclic amines) is 1. The quantitative estimate of drug-likeness (QED) is 0.590. The van der Waals surface area contributed by atoms with Gasteiger partial charge < -0.3 is 9.64 Å². The van der Waals surface area contributed by atoms with Gasteiger partial charge in [0, 0.05) is 30.7 Å². The predicted octanol–water partition coefficient (Wildman–Crippen LogP) is 4.32. The lowest BCUT2D eigenvalue weighted by molar-refractivity contribution is -0.173. The molecule has 1 atom stereocenters. The van der Waals surface area contributed by atoms with E-state index in [1.807, 2.05) is 17.2 Å². The number of pyridine rings is 1. The summed E-state index contributed by atoms with van der Waals surface area (Å²) in [5, 5.41) is 11.1. The molecule has 6 rings (SSSR count). The molecule has 1 spiro atoms. The van der Waals surface area contributed by atoms with Gasteiger partial charge >= 0.3 is 0 Å². The van der Waals surface area contributed by atoms with Gasteiger partial charge in [0.25, 0.3) is 0 Å². The van der Waals surface area contributed by atoms with Crippen LogP contribution in [0.5, 0.6) is 0 Å². The Morgan fingerprint density at radius 1 is 1.06 bits per heavy atom. The molecule has 1 amide bonds. The summed E-state index contributed by atoms with van der Waals surface area (Å²) in [5.74, 6) is 0.132. The molecule has 34 heavy (non-hydrogen) atoms. The molecule has 6 heteroatoms. The van der Waals surface area contributed by atoms with E-state index in [9.17, 15) is 10.1 Å². The summed E-state index contributed by atoms with van der Waals surface area (Å²) in [6, 6.07) is 21.3. The summed E-state index contributed by atoms with van der Waals surface area (Å²) < 4.78 is 6.08. The Kier molecular flexibility index (Phi) is 5.32. The maximum absolute atomic E-state index is 12.2. The molecule has 1 aliphatic carbocycles. The Bertz CT molecular complexity index is 1250. The highest BCUT2D eigenvalue weighted by atomic mass is 16.5. The number of amides is 1. The average Bonchev–Trinajstić information content (AvgIpc) is 3.73. The Morgan fingerprint density at radius 3 is 2.56 bits per heavy atom. The third kappa shape index (κ3) is 3.96. The van der Waals surface area contributed by atoms with E-state index in [0.29, 0.717) is 12.6 Å². The third-order valence-electron chi connectivity index (χ3n) is 7.63. The number of carbonyl (C=O) groups excluding carboxylic acids is 1. The molecule has 3 heterocycles. The lowest BCUT2D eigenvalue weighted by Crippen LogP contribution is -2.59.